The van der Waals surface area contributed by atoms with Gasteiger partial charge in [0.15, 0.2) is 11.5 Å². The Bertz CT molecular complexity index is 832. The zero-order valence-corrected chi connectivity index (χ0v) is 16.6. The molecule has 2 aromatic carbocycles. The molecule has 0 saturated carbocycles. The van der Waals surface area contributed by atoms with Gasteiger partial charge >= 0.3 is 0 Å². The number of nitrogens with zero attached hydrogens (tertiary/aromatic N) is 1. The quantitative estimate of drug-likeness (QED) is 0.859. The van der Waals surface area contributed by atoms with E-state index in [1.807, 2.05) is 17.0 Å². The van der Waals surface area contributed by atoms with E-state index < -0.39 is 0 Å². The topological polar surface area (TPSA) is 50.8 Å². The van der Waals surface area contributed by atoms with Crippen LogP contribution in [0.4, 0.5) is 5.69 Å². The van der Waals surface area contributed by atoms with Gasteiger partial charge in [-0.15, -0.1) is 0 Å². The molecule has 2 aliphatic rings. The number of likely N-dealkylation sites (tertiary alicyclic amines) is 1. The Morgan fingerprint density at radius 2 is 1.82 bits per heavy atom. The van der Waals surface area contributed by atoms with Crippen molar-refractivity contribution in [2.45, 2.75) is 38.6 Å². The Labute approximate surface area is 166 Å². The SMILES string of the molecule is CC(C)c1ccc(N[C@H]2CCCN(C(=O)c3ccc4c(c3)OCCO4)C2)cc1. The highest BCUT2D eigenvalue weighted by molar-refractivity contribution is 5.95. The van der Waals surface area contributed by atoms with Crippen LogP contribution < -0.4 is 14.8 Å². The van der Waals surface area contributed by atoms with Crippen LogP contribution in [0.5, 0.6) is 11.5 Å². The second-order valence-corrected chi connectivity index (χ2v) is 7.87. The molecular weight excluding hydrogens is 352 g/mol. The van der Waals surface area contributed by atoms with Gasteiger partial charge in [-0.05, 0) is 54.7 Å². The first-order chi connectivity index (χ1) is 13.6. The van der Waals surface area contributed by atoms with Crippen LogP contribution in [0.3, 0.4) is 0 Å². The number of carbonyl (C=O) groups is 1. The summed E-state index contributed by atoms with van der Waals surface area (Å²) in [5.74, 6) is 1.96. The van der Waals surface area contributed by atoms with Gasteiger partial charge in [0, 0.05) is 30.4 Å². The summed E-state index contributed by atoms with van der Waals surface area (Å²) < 4.78 is 11.2. The maximum atomic E-state index is 13.0. The third-order valence-electron chi connectivity index (χ3n) is 5.45. The molecule has 1 amide bonds. The molecule has 2 heterocycles. The smallest absolute Gasteiger partial charge is 0.254 e. The lowest BCUT2D eigenvalue weighted by Crippen LogP contribution is -2.45. The van der Waals surface area contributed by atoms with Crippen LogP contribution >= 0.6 is 0 Å². The number of fused-ring (bicyclic) bond motifs is 1. The van der Waals surface area contributed by atoms with Crippen molar-refractivity contribution < 1.29 is 14.3 Å². The third kappa shape index (κ3) is 4.08. The minimum atomic E-state index is 0.0543. The molecule has 2 aliphatic heterocycles. The van der Waals surface area contributed by atoms with E-state index >= 15 is 0 Å². The first-order valence-electron chi connectivity index (χ1n) is 10.2. The number of carbonyl (C=O) groups excluding carboxylic acids is 1. The van der Waals surface area contributed by atoms with Crippen LogP contribution in [-0.2, 0) is 0 Å². The van der Waals surface area contributed by atoms with Crippen molar-refractivity contribution in [3.63, 3.8) is 0 Å². The lowest BCUT2D eigenvalue weighted by Gasteiger charge is -2.34. The Morgan fingerprint density at radius 1 is 1.07 bits per heavy atom. The Balaban J connectivity index is 1.41. The third-order valence-corrected chi connectivity index (χ3v) is 5.45. The fourth-order valence-corrected chi connectivity index (χ4v) is 3.84. The van der Waals surface area contributed by atoms with Crippen LogP contribution in [0.25, 0.3) is 0 Å². The summed E-state index contributed by atoms with van der Waals surface area (Å²) in [6, 6.07) is 14.4. The van der Waals surface area contributed by atoms with Gasteiger partial charge in [0.25, 0.3) is 5.91 Å². The minimum absolute atomic E-state index is 0.0543. The summed E-state index contributed by atoms with van der Waals surface area (Å²) in [7, 11) is 0. The lowest BCUT2D eigenvalue weighted by molar-refractivity contribution is 0.0713. The molecule has 1 fully saturated rings. The molecule has 0 aliphatic carbocycles. The number of hydrogen-bond acceptors (Lipinski definition) is 4. The van der Waals surface area contributed by atoms with Gasteiger partial charge in [-0.2, -0.15) is 0 Å². The Morgan fingerprint density at radius 3 is 2.57 bits per heavy atom. The molecule has 0 aromatic heterocycles. The van der Waals surface area contributed by atoms with Crippen LogP contribution in [0.1, 0.15) is 48.5 Å². The second-order valence-electron chi connectivity index (χ2n) is 7.87. The highest BCUT2D eigenvalue weighted by atomic mass is 16.6. The molecule has 0 bridgehead atoms. The molecule has 1 saturated heterocycles. The highest BCUT2D eigenvalue weighted by Crippen LogP contribution is 2.31. The molecule has 5 nitrogen and oxygen atoms in total. The fraction of sp³-hybridized carbons (Fsp3) is 0.435. The average Bonchev–Trinajstić information content (AvgIpc) is 2.73. The van der Waals surface area contributed by atoms with E-state index in [-0.39, 0.29) is 11.9 Å². The molecule has 2 aromatic rings. The van der Waals surface area contributed by atoms with Crippen molar-refractivity contribution in [3.05, 3.63) is 53.6 Å². The Kier molecular flexibility index (Phi) is 5.42. The molecule has 4 rings (SSSR count). The molecule has 148 valence electrons. The zero-order valence-electron chi connectivity index (χ0n) is 16.6. The van der Waals surface area contributed by atoms with Gasteiger partial charge in [-0.25, -0.2) is 0 Å². The summed E-state index contributed by atoms with van der Waals surface area (Å²) in [6.45, 7) is 6.97. The van der Waals surface area contributed by atoms with Gasteiger partial charge in [0.05, 0.1) is 0 Å². The van der Waals surface area contributed by atoms with E-state index in [1.54, 1.807) is 6.07 Å². The van der Waals surface area contributed by atoms with E-state index in [9.17, 15) is 4.79 Å². The largest absolute Gasteiger partial charge is 0.486 e. The average molecular weight is 380 g/mol. The molecule has 28 heavy (non-hydrogen) atoms. The molecular formula is C23H28N2O3. The lowest BCUT2D eigenvalue weighted by atomic mass is 10.0. The summed E-state index contributed by atoms with van der Waals surface area (Å²) in [5, 5.41) is 3.59. The number of ether oxygens (including phenoxy) is 2. The molecule has 0 unspecified atom stereocenters. The van der Waals surface area contributed by atoms with Gasteiger partial charge in [0.1, 0.15) is 13.2 Å². The predicted molar refractivity (Wildman–Crippen MR) is 111 cm³/mol. The van der Waals surface area contributed by atoms with Crippen molar-refractivity contribution in [1.29, 1.82) is 0 Å². The van der Waals surface area contributed by atoms with E-state index in [1.165, 1.54) is 5.56 Å². The Hall–Kier alpha value is -2.69. The van der Waals surface area contributed by atoms with Crippen molar-refractivity contribution in [3.8, 4) is 11.5 Å². The molecule has 0 radical (unpaired) electrons. The van der Waals surface area contributed by atoms with E-state index in [2.05, 4.69) is 43.4 Å². The van der Waals surface area contributed by atoms with E-state index in [0.717, 1.165) is 25.1 Å². The van der Waals surface area contributed by atoms with Crippen LogP contribution in [0.15, 0.2) is 42.5 Å². The van der Waals surface area contributed by atoms with Gasteiger partial charge in [0.2, 0.25) is 0 Å². The van der Waals surface area contributed by atoms with Gasteiger partial charge < -0.3 is 19.7 Å². The maximum Gasteiger partial charge on any atom is 0.254 e. The van der Waals surface area contributed by atoms with Crippen molar-refractivity contribution in [2.24, 2.45) is 0 Å². The monoisotopic (exact) mass is 380 g/mol. The summed E-state index contributed by atoms with van der Waals surface area (Å²) >= 11 is 0. The molecule has 5 heteroatoms. The number of anilines is 1. The molecule has 1 N–H and O–H groups in total. The maximum absolute atomic E-state index is 13.0. The van der Waals surface area contributed by atoms with Gasteiger partial charge in [-0.3, -0.25) is 4.79 Å². The van der Waals surface area contributed by atoms with Crippen LogP contribution in [-0.4, -0.2) is 43.2 Å². The molecule has 1 atom stereocenters. The van der Waals surface area contributed by atoms with Crippen molar-refractivity contribution in [1.82, 2.24) is 4.90 Å². The second kappa shape index (κ2) is 8.13. The minimum Gasteiger partial charge on any atom is -0.486 e. The van der Waals surface area contributed by atoms with Crippen LogP contribution in [0.2, 0.25) is 0 Å². The predicted octanol–water partition coefficient (Wildman–Crippen LogP) is 4.30. The van der Waals surface area contributed by atoms with E-state index in [4.69, 9.17) is 9.47 Å². The number of piperidine rings is 1. The van der Waals surface area contributed by atoms with Gasteiger partial charge in [-0.1, -0.05) is 26.0 Å². The standard InChI is InChI=1S/C23H28N2O3/c1-16(2)17-5-8-19(9-6-17)24-20-4-3-11-25(15-20)23(26)18-7-10-21-22(14-18)28-13-12-27-21/h5-10,14,16,20,24H,3-4,11-13,15H2,1-2H3/t20-/m0/s1. The first-order valence-corrected chi connectivity index (χ1v) is 10.2. The first kappa shape index (κ1) is 18.7. The summed E-state index contributed by atoms with van der Waals surface area (Å²) in [5.41, 5.74) is 3.11. The summed E-state index contributed by atoms with van der Waals surface area (Å²) in [6.07, 6.45) is 2.06. The highest BCUT2D eigenvalue weighted by Gasteiger charge is 2.25. The molecule has 0 spiro atoms. The number of benzene rings is 2. The van der Waals surface area contributed by atoms with E-state index in [0.29, 0.717) is 42.7 Å². The number of amides is 1. The fourth-order valence-electron chi connectivity index (χ4n) is 3.84. The number of hydrogen-bond donors (Lipinski definition) is 1. The summed E-state index contributed by atoms with van der Waals surface area (Å²) in [4.78, 5) is 14.9. The zero-order chi connectivity index (χ0) is 19.5. The van der Waals surface area contributed by atoms with Crippen molar-refractivity contribution in [2.75, 3.05) is 31.6 Å². The number of rotatable bonds is 4. The normalized spacial score (nSPS) is 18.8. The number of nitrogens with one attached hydrogen (secondary N) is 1. The van der Waals surface area contributed by atoms with Crippen molar-refractivity contribution >= 4 is 11.6 Å². The van der Waals surface area contributed by atoms with Crippen LogP contribution in [0, 0.1) is 0 Å².